The summed E-state index contributed by atoms with van der Waals surface area (Å²) < 4.78 is 0. The second-order valence-corrected chi connectivity index (χ2v) is 7.51. The molecular formula is C19H30N4O5. The van der Waals surface area contributed by atoms with Gasteiger partial charge in [0.1, 0.15) is 23.5 Å². The number of carbonyl (C=O) groups is 3. The van der Waals surface area contributed by atoms with Crippen LogP contribution < -0.4 is 16.2 Å². The zero-order valence-electron chi connectivity index (χ0n) is 17.3. The second-order valence-electron chi connectivity index (χ2n) is 7.51. The Balaban J connectivity index is 3.17. The van der Waals surface area contributed by atoms with E-state index in [0.717, 1.165) is 0 Å². The molecule has 1 rings (SSSR count). The SMILES string of the molecule is CCc1[nH]c(=O)c(C(C)C)nc1C(=O)N[C@H](CC(C)C)C(=O)N[C@@H](C)C(=O)O. The number of aromatic nitrogens is 2. The summed E-state index contributed by atoms with van der Waals surface area (Å²) in [5.74, 6) is -2.42. The lowest BCUT2D eigenvalue weighted by atomic mass is 10.0. The summed E-state index contributed by atoms with van der Waals surface area (Å²) in [6.45, 7) is 10.5. The highest BCUT2D eigenvalue weighted by Crippen LogP contribution is 2.12. The molecule has 9 nitrogen and oxygen atoms in total. The average Bonchev–Trinajstić information content (AvgIpc) is 2.59. The average molecular weight is 394 g/mol. The number of aliphatic carboxylic acids is 1. The van der Waals surface area contributed by atoms with Crippen LogP contribution in [-0.2, 0) is 16.0 Å². The van der Waals surface area contributed by atoms with Crippen LogP contribution in [0, 0.1) is 5.92 Å². The maximum Gasteiger partial charge on any atom is 0.325 e. The molecule has 0 radical (unpaired) electrons. The smallest absolute Gasteiger partial charge is 0.325 e. The van der Waals surface area contributed by atoms with Crippen molar-refractivity contribution in [1.82, 2.24) is 20.6 Å². The first kappa shape index (κ1) is 23.3. The highest BCUT2D eigenvalue weighted by atomic mass is 16.4. The van der Waals surface area contributed by atoms with Crippen LogP contribution in [0.1, 0.15) is 75.8 Å². The fourth-order valence-electron chi connectivity index (χ4n) is 2.64. The maximum atomic E-state index is 12.8. The molecule has 0 aliphatic carbocycles. The highest BCUT2D eigenvalue weighted by Gasteiger charge is 2.27. The van der Waals surface area contributed by atoms with E-state index >= 15 is 0 Å². The van der Waals surface area contributed by atoms with Gasteiger partial charge in [0.15, 0.2) is 0 Å². The van der Waals surface area contributed by atoms with E-state index in [1.54, 1.807) is 20.8 Å². The Morgan fingerprint density at radius 2 is 1.71 bits per heavy atom. The number of carboxylic acid groups (broad SMARTS) is 1. The predicted molar refractivity (Wildman–Crippen MR) is 104 cm³/mol. The van der Waals surface area contributed by atoms with Gasteiger partial charge in [0, 0.05) is 11.6 Å². The van der Waals surface area contributed by atoms with Crippen LogP contribution in [0.3, 0.4) is 0 Å². The topological polar surface area (TPSA) is 141 Å². The minimum Gasteiger partial charge on any atom is -0.480 e. The molecule has 0 aromatic carbocycles. The molecule has 0 saturated heterocycles. The molecule has 0 unspecified atom stereocenters. The van der Waals surface area contributed by atoms with E-state index in [4.69, 9.17) is 5.11 Å². The van der Waals surface area contributed by atoms with E-state index in [9.17, 15) is 19.2 Å². The van der Waals surface area contributed by atoms with Gasteiger partial charge in [0.05, 0.1) is 0 Å². The summed E-state index contributed by atoms with van der Waals surface area (Å²) in [5, 5.41) is 14.0. The van der Waals surface area contributed by atoms with E-state index in [1.165, 1.54) is 6.92 Å². The summed E-state index contributed by atoms with van der Waals surface area (Å²) in [5.41, 5.74) is 0.356. The molecule has 9 heteroatoms. The lowest BCUT2D eigenvalue weighted by Gasteiger charge is -2.22. The Labute approximate surface area is 164 Å². The van der Waals surface area contributed by atoms with E-state index < -0.39 is 29.9 Å². The third-order valence-electron chi connectivity index (χ3n) is 4.19. The quantitative estimate of drug-likeness (QED) is 0.496. The fraction of sp³-hybridized carbons (Fsp3) is 0.632. The van der Waals surface area contributed by atoms with Crippen LogP contribution in [0.5, 0.6) is 0 Å². The van der Waals surface area contributed by atoms with Crippen molar-refractivity contribution in [3.8, 4) is 0 Å². The number of H-pyrrole nitrogens is 1. The van der Waals surface area contributed by atoms with Crippen LogP contribution >= 0.6 is 0 Å². The van der Waals surface area contributed by atoms with Gasteiger partial charge < -0.3 is 20.7 Å². The van der Waals surface area contributed by atoms with Crippen LogP contribution in [0.2, 0.25) is 0 Å². The standard InChI is InChI=1S/C19H30N4O5/c1-7-12-15(23-14(10(4)5)17(25)21-12)18(26)22-13(8-9(2)3)16(24)20-11(6)19(27)28/h9-11,13H,7-8H2,1-6H3,(H,20,24)(H,21,25)(H,22,26)(H,27,28)/t11-,13+/m0/s1. The zero-order valence-corrected chi connectivity index (χ0v) is 17.3. The van der Waals surface area contributed by atoms with Crippen LogP contribution in [0.4, 0.5) is 0 Å². The highest BCUT2D eigenvalue weighted by molar-refractivity contribution is 5.97. The van der Waals surface area contributed by atoms with Gasteiger partial charge in [0.2, 0.25) is 5.91 Å². The Bertz CT molecular complexity index is 785. The molecule has 156 valence electrons. The molecule has 1 aromatic heterocycles. The number of hydrogen-bond donors (Lipinski definition) is 4. The molecule has 0 bridgehead atoms. The molecule has 28 heavy (non-hydrogen) atoms. The summed E-state index contributed by atoms with van der Waals surface area (Å²) in [4.78, 5) is 55.3. The van der Waals surface area contributed by atoms with Crippen molar-refractivity contribution in [2.24, 2.45) is 5.92 Å². The van der Waals surface area contributed by atoms with E-state index in [-0.39, 0.29) is 28.8 Å². The molecule has 0 aliphatic heterocycles. The number of carbonyl (C=O) groups excluding carboxylic acids is 2. The van der Waals surface area contributed by atoms with Crippen molar-refractivity contribution in [3.05, 3.63) is 27.4 Å². The van der Waals surface area contributed by atoms with Crippen LogP contribution in [-0.4, -0.2) is 44.9 Å². The molecule has 1 heterocycles. The molecule has 0 aliphatic rings. The first-order valence-electron chi connectivity index (χ1n) is 9.44. The summed E-state index contributed by atoms with van der Waals surface area (Å²) in [7, 11) is 0. The lowest BCUT2D eigenvalue weighted by molar-refractivity contribution is -0.141. The number of aromatic amines is 1. The fourth-order valence-corrected chi connectivity index (χ4v) is 2.64. The molecule has 0 spiro atoms. The molecule has 1 aromatic rings. The monoisotopic (exact) mass is 394 g/mol. The predicted octanol–water partition coefficient (Wildman–Crippen LogP) is 1.19. The molecule has 2 atom stereocenters. The Hall–Kier alpha value is -2.71. The Morgan fingerprint density at radius 3 is 2.18 bits per heavy atom. The largest absolute Gasteiger partial charge is 0.480 e. The van der Waals surface area contributed by atoms with E-state index in [2.05, 4.69) is 20.6 Å². The van der Waals surface area contributed by atoms with E-state index in [0.29, 0.717) is 18.5 Å². The number of amides is 2. The number of hydrogen-bond acceptors (Lipinski definition) is 5. The van der Waals surface area contributed by atoms with Gasteiger partial charge in [-0.25, -0.2) is 4.98 Å². The molecule has 0 saturated carbocycles. The van der Waals surface area contributed by atoms with Crippen molar-refractivity contribution < 1.29 is 19.5 Å². The van der Waals surface area contributed by atoms with Gasteiger partial charge in [-0.3, -0.25) is 19.2 Å². The zero-order chi connectivity index (χ0) is 21.6. The number of rotatable bonds is 9. The number of nitrogens with one attached hydrogen (secondary N) is 3. The first-order chi connectivity index (χ1) is 13.0. The minimum atomic E-state index is -1.17. The Kier molecular flexibility index (Phi) is 8.34. The van der Waals surface area contributed by atoms with E-state index in [1.807, 2.05) is 13.8 Å². The van der Waals surface area contributed by atoms with Gasteiger partial charge in [0.25, 0.3) is 11.5 Å². The lowest BCUT2D eigenvalue weighted by Crippen LogP contribution is -2.51. The number of aryl methyl sites for hydroxylation is 1. The normalized spacial score (nSPS) is 13.3. The molecular weight excluding hydrogens is 364 g/mol. The van der Waals surface area contributed by atoms with Gasteiger partial charge in [-0.05, 0) is 25.7 Å². The molecule has 2 amide bonds. The van der Waals surface area contributed by atoms with Gasteiger partial charge in [-0.15, -0.1) is 0 Å². The Morgan fingerprint density at radius 1 is 1.11 bits per heavy atom. The summed E-state index contributed by atoms with van der Waals surface area (Å²) >= 11 is 0. The summed E-state index contributed by atoms with van der Waals surface area (Å²) in [6, 6.07) is -2.00. The van der Waals surface area contributed by atoms with Crippen molar-refractivity contribution in [2.75, 3.05) is 0 Å². The molecule has 4 N–H and O–H groups in total. The first-order valence-corrected chi connectivity index (χ1v) is 9.44. The number of nitrogens with zero attached hydrogens (tertiary/aromatic N) is 1. The molecule has 0 fully saturated rings. The number of carboxylic acids is 1. The third-order valence-corrected chi connectivity index (χ3v) is 4.19. The third kappa shape index (κ3) is 6.17. The van der Waals surface area contributed by atoms with Crippen molar-refractivity contribution in [2.45, 2.75) is 72.4 Å². The maximum absolute atomic E-state index is 12.8. The van der Waals surface area contributed by atoms with Crippen LogP contribution in [0.15, 0.2) is 4.79 Å². The van der Waals surface area contributed by atoms with Gasteiger partial charge in [-0.2, -0.15) is 0 Å². The van der Waals surface area contributed by atoms with Gasteiger partial charge in [-0.1, -0.05) is 34.6 Å². The second kappa shape index (κ2) is 10.0. The van der Waals surface area contributed by atoms with Crippen LogP contribution in [0.25, 0.3) is 0 Å². The minimum absolute atomic E-state index is 0.0682. The summed E-state index contributed by atoms with van der Waals surface area (Å²) in [6.07, 6.45) is 0.715. The van der Waals surface area contributed by atoms with Crippen molar-refractivity contribution in [1.29, 1.82) is 0 Å². The van der Waals surface area contributed by atoms with Gasteiger partial charge >= 0.3 is 5.97 Å². The van der Waals surface area contributed by atoms with Crippen molar-refractivity contribution in [3.63, 3.8) is 0 Å². The van der Waals surface area contributed by atoms with Crippen molar-refractivity contribution >= 4 is 17.8 Å².